The summed E-state index contributed by atoms with van der Waals surface area (Å²) in [4.78, 5) is 27.6. The van der Waals surface area contributed by atoms with Crippen LogP contribution in [0.1, 0.15) is 75.3 Å². The number of halogens is 6. The number of amides is 3. The molecule has 2 N–H and O–H groups in total. The number of rotatable bonds is 12. The van der Waals surface area contributed by atoms with Crippen molar-refractivity contribution in [1.29, 1.82) is 0 Å². The number of urea groups is 1. The first-order valence-electron chi connectivity index (χ1n) is 15.6. The molecule has 3 amide bonds. The number of imide groups is 1. The molecule has 0 spiro atoms. The van der Waals surface area contributed by atoms with Crippen molar-refractivity contribution in [3.63, 3.8) is 0 Å². The summed E-state index contributed by atoms with van der Waals surface area (Å²) in [5.74, 6) is 0.383. The number of ether oxygens (including phenoxy) is 2. The van der Waals surface area contributed by atoms with E-state index in [0.29, 0.717) is 41.9 Å². The van der Waals surface area contributed by atoms with Crippen molar-refractivity contribution in [3.05, 3.63) is 88.5 Å². The van der Waals surface area contributed by atoms with Crippen molar-refractivity contribution in [2.75, 3.05) is 0 Å². The highest BCUT2D eigenvalue weighted by molar-refractivity contribution is 6.07. The molecule has 0 radical (unpaired) electrons. The van der Waals surface area contributed by atoms with Gasteiger partial charge in [-0.15, -0.1) is 0 Å². The normalized spacial score (nSPS) is 17.2. The van der Waals surface area contributed by atoms with Crippen molar-refractivity contribution in [2.45, 2.75) is 96.4 Å². The molecule has 0 aromatic heterocycles. The number of carbonyl (C=O) groups excluding carboxylic acids is 2. The van der Waals surface area contributed by atoms with Gasteiger partial charge in [0.15, 0.2) is 0 Å². The molecule has 48 heavy (non-hydrogen) atoms. The Bertz CT molecular complexity index is 1600. The molecular formula is C35H38F6N2O5. The SMILES string of the molecule is CCCc1cc(C(O)(C(F)(F)F)C(F)(F)F)cc(CCC)c1Oc1cccc(CN2C(=O)NC(C)(c3ccc(OC(C)C)cc3)C2=O)c1. The fourth-order valence-electron chi connectivity index (χ4n) is 5.68. The van der Waals surface area contributed by atoms with Gasteiger partial charge >= 0.3 is 18.4 Å². The fraction of sp³-hybridized carbons (Fsp3) is 0.429. The van der Waals surface area contributed by atoms with Gasteiger partial charge in [0, 0.05) is 5.56 Å². The third-order valence-electron chi connectivity index (χ3n) is 8.06. The van der Waals surface area contributed by atoms with Crippen LogP contribution < -0.4 is 14.8 Å². The average molecular weight is 681 g/mol. The quantitative estimate of drug-likeness (QED) is 0.148. The lowest BCUT2D eigenvalue weighted by molar-refractivity contribution is -0.376. The minimum Gasteiger partial charge on any atom is -0.491 e. The van der Waals surface area contributed by atoms with E-state index in [2.05, 4.69) is 5.32 Å². The van der Waals surface area contributed by atoms with Gasteiger partial charge in [-0.05, 0) is 92.3 Å². The van der Waals surface area contributed by atoms with Crippen molar-refractivity contribution in [1.82, 2.24) is 10.2 Å². The third kappa shape index (κ3) is 7.11. The van der Waals surface area contributed by atoms with Crippen LogP contribution in [-0.2, 0) is 35.3 Å². The zero-order chi connectivity index (χ0) is 35.7. The second-order valence-corrected chi connectivity index (χ2v) is 12.2. The number of carbonyl (C=O) groups is 2. The first-order valence-corrected chi connectivity index (χ1v) is 15.6. The number of nitrogens with zero attached hydrogens (tertiary/aromatic N) is 1. The Morgan fingerprint density at radius 1 is 0.854 bits per heavy atom. The molecular weight excluding hydrogens is 642 g/mol. The van der Waals surface area contributed by atoms with E-state index in [1.165, 1.54) is 6.07 Å². The fourth-order valence-corrected chi connectivity index (χ4v) is 5.68. The van der Waals surface area contributed by atoms with Gasteiger partial charge in [-0.25, -0.2) is 4.79 Å². The molecule has 0 saturated carbocycles. The summed E-state index contributed by atoms with van der Waals surface area (Å²) in [6.07, 6.45) is -11.3. The Labute approximate surface area is 274 Å². The van der Waals surface area contributed by atoms with Crippen molar-refractivity contribution in [2.24, 2.45) is 0 Å². The zero-order valence-electron chi connectivity index (χ0n) is 27.2. The van der Waals surface area contributed by atoms with E-state index >= 15 is 0 Å². The topological polar surface area (TPSA) is 88.1 Å². The van der Waals surface area contributed by atoms with Crippen molar-refractivity contribution >= 4 is 11.9 Å². The molecule has 3 aromatic rings. The summed E-state index contributed by atoms with van der Waals surface area (Å²) < 4.78 is 94.4. The van der Waals surface area contributed by atoms with Gasteiger partial charge in [0.1, 0.15) is 22.8 Å². The summed E-state index contributed by atoms with van der Waals surface area (Å²) in [5, 5.41) is 12.9. The lowest BCUT2D eigenvalue weighted by Crippen LogP contribution is -2.54. The van der Waals surface area contributed by atoms with Crippen LogP contribution in [0.4, 0.5) is 31.1 Å². The van der Waals surface area contributed by atoms with Crippen LogP contribution in [0.5, 0.6) is 17.2 Å². The standard InChI is InChI=1S/C35H38F6N2O5/c1-6-9-23-18-26(33(46,34(36,37)38)35(39,40)41)19-24(10-7-2)29(23)48-28-12-8-11-22(17-28)20-43-30(44)32(5,42-31(43)45)25-13-15-27(16-14-25)47-21(3)4/h8,11-19,21,46H,6-7,9-10,20H2,1-5H3,(H,42,45). The molecule has 1 fully saturated rings. The van der Waals surface area contributed by atoms with Gasteiger partial charge in [0.2, 0.25) is 0 Å². The minimum absolute atomic E-state index is 0.0471. The predicted octanol–water partition coefficient (Wildman–Crippen LogP) is 8.45. The molecule has 1 saturated heterocycles. The number of aryl methyl sites for hydroxylation is 2. The first kappa shape index (κ1) is 36.6. The van der Waals surface area contributed by atoms with Gasteiger partial charge in [-0.3, -0.25) is 9.69 Å². The molecule has 260 valence electrons. The van der Waals surface area contributed by atoms with Crippen LogP contribution in [0.25, 0.3) is 0 Å². The van der Waals surface area contributed by atoms with Crippen LogP contribution in [0.2, 0.25) is 0 Å². The maximum absolute atomic E-state index is 13.8. The van der Waals surface area contributed by atoms with Gasteiger partial charge in [0.05, 0.1) is 12.6 Å². The Hall–Kier alpha value is -4.26. The third-order valence-corrected chi connectivity index (χ3v) is 8.06. The number of alkyl halides is 6. The maximum atomic E-state index is 13.8. The Morgan fingerprint density at radius 3 is 1.92 bits per heavy atom. The van der Waals surface area contributed by atoms with E-state index in [-0.39, 0.29) is 48.1 Å². The van der Waals surface area contributed by atoms with Gasteiger partial charge in [-0.1, -0.05) is 51.0 Å². The number of hydrogen-bond acceptors (Lipinski definition) is 5. The molecule has 0 aliphatic carbocycles. The molecule has 1 aliphatic rings. The summed E-state index contributed by atoms with van der Waals surface area (Å²) in [6.45, 7) is 8.63. The lowest BCUT2D eigenvalue weighted by atomic mass is 9.87. The van der Waals surface area contributed by atoms with Gasteiger partial charge in [0.25, 0.3) is 11.5 Å². The summed E-state index contributed by atoms with van der Waals surface area (Å²) >= 11 is 0. The molecule has 1 unspecified atom stereocenters. The monoisotopic (exact) mass is 680 g/mol. The molecule has 7 nitrogen and oxygen atoms in total. The van der Waals surface area contributed by atoms with Crippen LogP contribution in [0.3, 0.4) is 0 Å². The Kier molecular flexibility index (Phi) is 10.4. The number of nitrogens with one attached hydrogen (secondary N) is 1. The second kappa shape index (κ2) is 13.7. The van der Waals surface area contributed by atoms with Crippen molar-refractivity contribution in [3.8, 4) is 17.2 Å². The van der Waals surface area contributed by atoms with E-state index in [1.807, 2.05) is 13.8 Å². The van der Waals surface area contributed by atoms with E-state index in [4.69, 9.17) is 9.47 Å². The highest BCUT2D eigenvalue weighted by atomic mass is 19.4. The van der Waals surface area contributed by atoms with E-state index in [0.717, 1.165) is 4.90 Å². The number of hydrogen-bond donors (Lipinski definition) is 2. The van der Waals surface area contributed by atoms with E-state index in [9.17, 15) is 41.0 Å². The summed E-state index contributed by atoms with van der Waals surface area (Å²) in [5.41, 5.74) is -6.60. The summed E-state index contributed by atoms with van der Waals surface area (Å²) in [7, 11) is 0. The largest absolute Gasteiger partial charge is 0.491 e. The highest BCUT2D eigenvalue weighted by Gasteiger charge is 2.71. The van der Waals surface area contributed by atoms with Crippen LogP contribution >= 0.6 is 0 Å². The molecule has 4 rings (SSSR count). The van der Waals surface area contributed by atoms with Crippen LogP contribution in [0, 0.1) is 0 Å². The predicted molar refractivity (Wildman–Crippen MR) is 166 cm³/mol. The van der Waals surface area contributed by atoms with Crippen LogP contribution in [0.15, 0.2) is 60.7 Å². The number of benzene rings is 3. The minimum atomic E-state index is -6.03. The molecule has 3 aromatic carbocycles. The average Bonchev–Trinajstić information content (AvgIpc) is 3.21. The summed E-state index contributed by atoms with van der Waals surface area (Å²) in [6, 6.07) is 13.9. The Morgan fingerprint density at radius 2 is 1.42 bits per heavy atom. The lowest BCUT2D eigenvalue weighted by Gasteiger charge is -2.33. The van der Waals surface area contributed by atoms with E-state index in [1.54, 1.807) is 63.2 Å². The molecule has 1 aliphatic heterocycles. The first-order chi connectivity index (χ1) is 22.3. The molecule has 1 atom stereocenters. The van der Waals surface area contributed by atoms with Crippen molar-refractivity contribution < 1.29 is 50.5 Å². The number of aliphatic hydroxyl groups is 1. The van der Waals surface area contributed by atoms with Crippen LogP contribution in [-0.4, -0.2) is 40.4 Å². The van der Waals surface area contributed by atoms with E-state index < -0.39 is 41.0 Å². The smallest absolute Gasteiger partial charge is 0.430 e. The maximum Gasteiger partial charge on any atom is 0.430 e. The molecule has 0 bridgehead atoms. The molecule has 13 heteroatoms. The second-order valence-electron chi connectivity index (χ2n) is 12.2. The molecule has 1 heterocycles. The van der Waals surface area contributed by atoms with Gasteiger partial charge in [-0.2, -0.15) is 26.3 Å². The Balaban J connectivity index is 1.65. The zero-order valence-corrected chi connectivity index (χ0v) is 27.2. The van der Waals surface area contributed by atoms with Gasteiger partial charge < -0.3 is 19.9 Å². The highest BCUT2D eigenvalue weighted by Crippen LogP contribution is 2.51.